The molecule has 176 valence electrons. The molecule has 1 heterocycles. The lowest BCUT2D eigenvalue weighted by Crippen LogP contribution is -2.40. The average Bonchev–Trinajstić information content (AvgIpc) is 3.02. The number of rotatable bonds is 6. The highest BCUT2D eigenvalue weighted by atomic mass is 35.5. The summed E-state index contributed by atoms with van der Waals surface area (Å²) in [4.78, 5) is 12.7. The highest BCUT2D eigenvalue weighted by molar-refractivity contribution is 7.89. The number of hydrogen-bond donors (Lipinski definition) is 2. The van der Waals surface area contributed by atoms with Crippen molar-refractivity contribution >= 4 is 33.3 Å². The van der Waals surface area contributed by atoms with Gasteiger partial charge in [-0.25, -0.2) is 26.6 Å². The number of nitrogens with one attached hydrogen (secondary N) is 2. The predicted octanol–water partition coefficient (Wildman–Crippen LogP) is 4.50. The molecular weight excluding hydrogens is 474 g/mol. The molecule has 0 aliphatic heterocycles. The SMILES string of the molecule is Cc1cnn(Cc2cc(F)ccc2F)c1NC(=O)c1ccc(Cl)c(S(=O)(=O)NC(C)(C)C)c1. The van der Waals surface area contributed by atoms with E-state index in [1.165, 1.54) is 29.1 Å². The van der Waals surface area contributed by atoms with Crippen LogP contribution in [0.4, 0.5) is 14.6 Å². The van der Waals surface area contributed by atoms with Crippen LogP contribution in [-0.2, 0) is 16.6 Å². The van der Waals surface area contributed by atoms with Crippen LogP contribution < -0.4 is 10.0 Å². The van der Waals surface area contributed by atoms with Gasteiger partial charge in [-0.1, -0.05) is 11.6 Å². The normalized spacial score (nSPS) is 12.1. The van der Waals surface area contributed by atoms with Gasteiger partial charge in [0.15, 0.2) is 0 Å². The fourth-order valence-electron chi connectivity index (χ4n) is 3.08. The summed E-state index contributed by atoms with van der Waals surface area (Å²) in [6.45, 7) is 6.61. The van der Waals surface area contributed by atoms with Crippen LogP contribution in [0.1, 0.15) is 42.3 Å². The smallest absolute Gasteiger partial charge is 0.256 e. The minimum Gasteiger partial charge on any atom is -0.307 e. The average molecular weight is 497 g/mol. The first-order valence-corrected chi connectivity index (χ1v) is 11.7. The Kier molecular flexibility index (Phi) is 6.92. The Morgan fingerprint density at radius 2 is 1.85 bits per heavy atom. The molecule has 0 atom stereocenters. The summed E-state index contributed by atoms with van der Waals surface area (Å²) in [7, 11) is -3.99. The van der Waals surface area contributed by atoms with Crippen molar-refractivity contribution in [2.75, 3.05) is 5.32 Å². The topological polar surface area (TPSA) is 93.1 Å². The zero-order chi connectivity index (χ0) is 24.6. The lowest BCUT2D eigenvalue weighted by molar-refractivity contribution is 0.102. The Hall–Kier alpha value is -2.82. The number of halogens is 3. The number of anilines is 1. The van der Waals surface area contributed by atoms with Crippen molar-refractivity contribution in [3.05, 3.63) is 75.9 Å². The van der Waals surface area contributed by atoms with E-state index in [0.717, 1.165) is 18.2 Å². The summed E-state index contributed by atoms with van der Waals surface area (Å²) >= 11 is 6.09. The van der Waals surface area contributed by atoms with Crippen LogP contribution in [0.2, 0.25) is 5.02 Å². The maximum absolute atomic E-state index is 14.1. The molecule has 2 N–H and O–H groups in total. The van der Waals surface area contributed by atoms with E-state index in [2.05, 4.69) is 15.1 Å². The summed E-state index contributed by atoms with van der Waals surface area (Å²) in [6.07, 6.45) is 1.47. The predicted molar refractivity (Wildman–Crippen MR) is 122 cm³/mol. The third kappa shape index (κ3) is 5.95. The Bertz CT molecular complexity index is 1320. The van der Waals surface area contributed by atoms with Gasteiger partial charge in [-0.2, -0.15) is 5.10 Å². The van der Waals surface area contributed by atoms with Gasteiger partial charge in [-0.15, -0.1) is 0 Å². The standard InChI is InChI=1S/C22H23ClF2N4O3S/c1-13-11-26-29(12-15-9-16(24)6-8-18(15)25)20(13)27-21(30)14-5-7-17(23)19(10-14)33(31,32)28-22(2,3)4/h5-11,28H,12H2,1-4H3,(H,27,30). The van der Waals surface area contributed by atoms with Gasteiger partial charge in [0.25, 0.3) is 5.91 Å². The molecule has 0 spiro atoms. The highest BCUT2D eigenvalue weighted by Gasteiger charge is 2.25. The molecule has 11 heteroatoms. The first-order valence-electron chi connectivity index (χ1n) is 9.88. The van der Waals surface area contributed by atoms with Gasteiger partial charge in [0, 0.05) is 22.2 Å². The van der Waals surface area contributed by atoms with E-state index in [4.69, 9.17) is 11.6 Å². The molecule has 1 aromatic heterocycles. The largest absolute Gasteiger partial charge is 0.307 e. The Morgan fingerprint density at radius 1 is 1.15 bits per heavy atom. The van der Waals surface area contributed by atoms with Gasteiger partial charge in [-0.3, -0.25) is 4.79 Å². The van der Waals surface area contributed by atoms with Gasteiger partial charge in [0.2, 0.25) is 10.0 Å². The van der Waals surface area contributed by atoms with Crippen molar-refractivity contribution < 1.29 is 22.0 Å². The van der Waals surface area contributed by atoms with Crippen LogP contribution in [0, 0.1) is 18.6 Å². The maximum atomic E-state index is 14.1. The van der Waals surface area contributed by atoms with Crippen LogP contribution in [0.3, 0.4) is 0 Å². The molecule has 33 heavy (non-hydrogen) atoms. The Balaban J connectivity index is 1.90. The van der Waals surface area contributed by atoms with Gasteiger partial charge >= 0.3 is 0 Å². The van der Waals surface area contributed by atoms with Gasteiger partial charge in [0.1, 0.15) is 22.3 Å². The molecule has 1 amide bonds. The van der Waals surface area contributed by atoms with Gasteiger partial charge < -0.3 is 5.32 Å². The van der Waals surface area contributed by atoms with Crippen LogP contribution in [0.5, 0.6) is 0 Å². The number of hydrogen-bond acceptors (Lipinski definition) is 4. The van der Waals surface area contributed by atoms with E-state index in [1.54, 1.807) is 27.7 Å². The summed E-state index contributed by atoms with van der Waals surface area (Å²) < 4.78 is 56.9. The van der Waals surface area contributed by atoms with E-state index in [0.29, 0.717) is 5.56 Å². The van der Waals surface area contributed by atoms with Crippen molar-refractivity contribution in [3.63, 3.8) is 0 Å². The Labute approximate surface area is 195 Å². The second-order valence-electron chi connectivity index (χ2n) is 8.52. The van der Waals surface area contributed by atoms with E-state index in [-0.39, 0.29) is 33.4 Å². The summed E-state index contributed by atoms with van der Waals surface area (Å²) in [5, 5.41) is 6.75. The molecule has 0 radical (unpaired) electrons. The lowest BCUT2D eigenvalue weighted by Gasteiger charge is -2.21. The molecule has 0 saturated heterocycles. The fraction of sp³-hybridized carbons (Fsp3) is 0.273. The van der Waals surface area contributed by atoms with Crippen molar-refractivity contribution in [1.82, 2.24) is 14.5 Å². The molecule has 0 aliphatic rings. The molecule has 0 saturated carbocycles. The first-order chi connectivity index (χ1) is 15.3. The number of sulfonamides is 1. The van der Waals surface area contributed by atoms with Gasteiger partial charge in [-0.05, 0) is 64.1 Å². The van der Waals surface area contributed by atoms with E-state index in [9.17, 15) is 22.0 Å². The van der Waals surface area contributed by atoms with Crippen LogP contribution in [0.25, 0.3) is 0 Å². The fourth-order valence-corrected chi connectivity index (χ4v) is 5.02. The van der Waals surface area contributed by atoms with Crippen molar-refractivity contribution in [1.29, 1.82) is 0 Å². The maximum Gasteiger partial charge on any atom is 0.256 e. The molecule has 0 bridgehead atoms. The van der Waals surface area contributed by atoms with Crippen molar-refractivity contribution in [2.45, 2.75) is 44.7 Å². The minimum absolute atomic E-state index is 0.0360. The summed E-state index contributed by atoms with van der Waals surface area (Å²) in [6, 6.07) is 6.96. The molecule has 3 rings (SSSR count). The number of aryl methyl sites for hydroxylation is 1. The Morgan fingerprint density at radius 3 is 2.52 bits per heavy atom. The molecule has 0 fully saturated rings. The number of amides is 1. The molecule has 7 nitrogen and oxygen atoms in total. The zero-order valence-corrected chi connectivity index (χ0v) is 20.0. The zero-order valence-electron chi connectivity index (χ0n) is 18.4. The number of nitrogens with zero attached hydrogens (tertiary/aromatic N) is 2. The third-order valence-corrected chi connectivity index (χ3v) is 6.75. The third-order valence-electron chi connectivity index (χ3n) is 4.51. The van der Waals surface area contributed by atoms with E-state index < -0.39 is 33.1 Å². The van der Waals surface area contributed by atoms with Crippen LogP contribution >= 0.6 is 11.6 Å². The number of carbonyl (C=O) groups excluding carboxylic acids is 1. The van der Waals surface area contributed by atoms with Crippen LogP contribution in [-0.4, -0.2) is 29.6 Å². The van der Waals surface area contributed by atoms with Crippen molar-refractivity contribution in [2.24, 2.45) is 0 Å². The van der Waals surface area contributed by atoms with E-state index >= 15 is 0 Å². The highest BCUT2D eigenvalue weighted by Crippen LogP contribution is 2.25. The molecular formula is C22H23ClF2N4O3S. The molecule has 2 aromatic carbocycles. The second kappa shape index (κ2) is 9.20. The summed E-state index contributed by atoms with van der Waals surface area (Å²) in [5.41, 5.74) is -0.0770. The number of benzene rings is 2. The monoisotopic (exact) mass is 496 g/mol. The van der Waals surface area contributed by atoms with Gasteiger partial charge in [0.05, 0.1) is 17.8 Å². The van der Waals surface area contributed by atoms with Crippen molar-refractivity contribution in [3.8, 4) is 0 Å². The van der Waals surface area contributed by atoms with E-state index in [1.807, 2.05) is 0 Å². The minimum atomic E-state index is -3.99. The second-order valence-corrected chi connectivity index (χ2v) is 10.6. The molecule has 3 aromatic rings. The number of carbonyl (C=O) groups is 1. The summed E-state index contributed by atoms with van der Waals surface area (Å²) in [5.74, 6) is -1.57. The molecule has 0 aliphatic carbocycles. The number of aromatic nitrogens is 2. The lowest BCUT2D eigenvalue weighted by atomic mass is 10.1. The molecule has 0 unspecified atom stereocenters. The van der Waals surface area contributed by atoms with Crippen LogP contribution in [0.15, 0.2) is 47.5 Å². The first kappa shape index (κ1) is 24.8. The quantitative estimate of drug-likeness (QED) is 0.525.